The smallest absolute Gasteiger partial charge is 0.132 e. The molecule has 0 bridgehead atoms. The molecule has 106 valence electrons. The predicted octanol–water partition coefficient (Wildman–Crippen LogP) is 2.92. The van der Waals surface area contributed by atoms with Gasteiger partial charge in [-0.25, -0.2) is 8.78 Å². The molecule has 19 heavy (non-hydrogen) atoms. The molecule has 6 heteroatoms. The Hall–Kier alpha value is -0.780. The fourth-order valence-corrected chi connectivity index (χ4v) is 2.67. The van der Waals surface area contributed by atoms with Crippen LogP contribution in [0.5, 0.6) is 0 Å². The van der Waals surface area contributed by atoms with Crippen molar-refractivity contribution in [2.24, 2.45) is 0 Å². The first-order chi connectivity index (χ1) is 9.13. The zero-order chi connectivity index (χ0) is 13.8. The molecule has 1 aliphatic rings. The van der Waals surface area contributed by atoms with Crippen molar-refractivity contribution < 1.29 is 13.2 Å². The van der Waals surface area contributed by atoms with Crippen molar-refractivity contribution in [3.8, 4) is 0 Å². The summed E-state index contributed by atoms with van der Waals surface area (Å²) in [6.07, 6.45) is 0.0788. The number of nitrogens with zero attached hydrogens (tertiary/aromatic N) is 1. The van der Waals surface area contributed by atoms with Gasteiger partial charge in [0, 0.05) is 42.8 Å². The van der Waals surface area contributed by atoms with Crippen LogP contribution in [-0.2, 0) is 0 Å². The van der Waals surface area contributed by atoms with E-state index in [9.17, 15) is 13.2 Å². The highest BCUT2D eigenvalue weighted by Gasteiger charge is 2.27. The van der Waals surface area contributed by atoms with E-state index < -0.39 is 24.4 Å². The molecule has 0 radical (unpaired) electrons. The van der Waals surface area contributed by atoms with Crippen LogP contribution >= 0.6 is 11.6 Å². The number of nitrogens with one attached hydrogen (secondary N) is 1. The summed E-state index contributed by atoms with van der Waals surface area (Å²) in [6.45, 7) is 2.15. The lowest BCUT2D eigenvalue weighted by molar-refractivity contribution is 0.151. The Labute approximate surface area is 115 Å². The molecule has 1 fully saturated rings. The summed E-state index contributed by atoms with van der Waals surface area (Å²) < 4.78 is 40.6. The van der Waals surface area contributed by atoms with Gasteiger partial charge in [-0.15, -0.1) is 0 Å². The van der Waals surface area contributed by atoms with Crippen molar-refractivity contribution in [2.45, 2.75) is 12.5 Å². The lowest BCUT2D eigenvalue weighted by Crippen LogP contribution is -2.45. The summed E-state index contributed by atoms with van der Waals surface area (Å²) >= 11 is 5.61. The van der Waals surface area contributed by atoms with E-state index in [0.29, 0.717) is 13.1 Å². The molecule has 1 N–H and O–H groups in total. The third kappa shape index (κ3) is 3.41. The van der Waals surface area contributed by atoms with E-state index in [1.165, 1.54) is 0 Å². The largest absolute Gasteiger partial charge is 0.314 e. The van der Waals surface area contributed by atoms with Gasteiger partial charge in [0.05, 0.1) is 6.67 Å². The van der Waals surface area contributed by atoms with E-state index in [1.54, 1.807) is 0 Å². The highest BCUT2D eigenvalue weighted by Crippen LogP contribution is 2.31. The van der Waals surface area contributed by atoms with E-state index in [-0.39, 0.29) is 17.0 Å². The standard InChI is InChI=1S/C13H16ClF3N2/c14-9-7-10(16)13(11(17)8-9)12(1-2-15)19-5-3-18-4-6-19/h7-8,12,18H,1-6H2/t12-/m1/s1. The van der Waals surface area contributed by atoms with Crippen LogP contribution in [0.2, 0.25) is 5.02 Å². The molecule has 2 rings (SSSR count). The van der Waals surface area contributed by atoms with Gasteiger partial charge in [0.25, 0.3) is 0 Å². The lowest BCUT2D eigenvalue weighted by atomic mass is 10.0. The summed E-state index contributed by atoms with van der Waals surface area (Å²) in [6, 6.07) is 1.57. The molecule has 0 spiro atoms. The maximum atomic E-state index is 14.0. The number of benzene rings is 1. The zero-order valence-corrected chi connectivity index (χ0v) is 11.2. The third-order valence-corrected chi connectivity index (χ3v) is 3.57. The molecule has 0 amide bonds. The number of piperazine rings is 1. The monoisotopic (exact) mass is 292 g/mol. The average molecular weight is 293 g/mol. The van der Waals surface area contributed by atoms with Gasteiger partial charge in [-0.1, -0.05) is 11.6 Å². The van der Waals surface area contributed by atoms with Crippen molar-refractivity contribution >= 4 is 11.6 Å². The van der Waals surface area contributed by atoms with Crippen LogP contribution in [0.3, 0.4) is 0 Å². The van der Waals surface area contributed by atoms with Gasteiger partial charge in [-0.05, 0) is 18.6 Å². The SMILES string of the molecule is FCC[C@H](c1c(F)cc(Cl)cc1F)N1CCNCC1. The molecule has 1 aromatic carbocycles. The Bertz CT molecular complexity index is 413. The highest BCUT2D eigenvalue weighted by molar-refractivity contribution is 6.30. The maximum absolute atomic E-state index is 14.0. The Kier molecular flexibility index (Phi) is 5.07. The Morgan fingerprint density at radius 1 is 1.21 bits per heavy atom. The number of rotatable bonds is 4. The van der Waals surface area contributed by atoms with Crippen LogP contribution < -0.4 is 5.32 Å². The van der Waals surface area contributed by atoms with Crippen LogP contribution in [0.25, 0.3) is 0 Å². The Balaban J connectivity index is 2.32. The third-order valence-electron chi connectivity index (χ3n) is 3.35. The van der Waals surface area contributed by atoms with Gasteiger partial charge in [-0.3, -0.25) is 9.29 Å². The molecule has 0 aliphatic carbocycles. The van der Waals surface area contributed by atoms with Gasteiger partial charge in [-0.2, -0.15) is 0 Å². The first-order valence-electron chi connectivity index (χ1n) is 6.28. The molecule has 0 saturated carbocycles. The molecule has 1 heterocycles. The lowest BCUT2D eigenvalue weighted by Gasteiger charge is -2.35. The molecule has 0 aromatic heterocycles. The summed E-state index contributed by atoms with van der Waals surface area (Å²) in [5.41, 5.74) is -0.0797. The fraction of sp³-hybridized carbons (Fsp3) is 0.538. The van der Waals surface area contributed by atoms with Gasteiger partial charge in [0.15, 0.2) is 0 Å². The summed E-state index contributed by atoms with van der Waals surface area (Å²) in [5.74, 6) is -1.41. The second kappa shape index (κ2) is 6.59. The number of halogens is 4. The quantitative estimate of drug-likeness (QED) is 0.918. The normalized spacial score (nSPS) is 18.5. The molecule has 1 saturated heterocycles. The van der Waals surface area contributed by atoms with Crippen molar-refractivity contribution in [1.29, 1.82) is 0 Å². The van der Waals surface area contributed by atoms with Crippen molar-refractivity contribution in [2.75, 3.05) is 32.9 Å². The number of hydrogen-bond donors (Lipinski definition) is 1. The summed E-state index contributed by atoms with van der Waals surface area (Å²) in [5, 5.41) is 3.17. The van der Waals surface area contributed by atoms with Gasteiger partial charge < -0.3 is 5.32 Å². The van der Waals surface area contributed by atoms with Crippen LogP contribution in [0, 0.1) is 11.6 Å². The first-order valence-corrected chi connectivity index (χ1v) is 6.66. The maximum Gasteiger partial charge on any atom is 0.132 e. The number of hydrogen-bond acceptors (Lipinski definition) is 2. The van der Waals surface area contributed by atoms with Gasteiger partial charge in [0.2, 0.25) is 0 Å². The molecule has 1 aliphatic heterocycles. The minimum atomic E-state index is -0.706. The van der Waals surface area contributed by atoms with E-state index in [2.05, 4.69) is 5.32 Å². The fourth-order valence-electron chi connectivity index (χ4n) is 2.48. The Morgan fingerprint density at radius 3 is 2.32 bits per heavy atom. The molecular formula is C13H16ClF3N2. The van der Waals surface area contributed by atoms with E-state index in [4.69, 9.17) is 11.6 Å². The highest BCUT2D eigenvalue weighted by atomic mass is 35.5. The van der Waals surface area contributed by atoms with E-state index in [1.807, 2.05) is 4.90 Å². The van der Waals surface area contributed by atoms with Crippen molar-refractivity contribution in [1.82, 2.24) is 10.2 Å². The Morgan fingerprint density at radius 2 is 1.79 bits per heavy atom. The second-order valence-corrected chi connectivity index (χ2v) is 5.00. The molecule has 0 unspecified atom stereocenters. The van der Waals surface area contributed by atoms with Crippen LogP contribution in [0.4, 0.5) is 13.2 Å². The summed E-state index contributed by atoms with van der Waals surface area (Å²) in [7, 11) is 0. The van der Waals surface area contributed by atoms with E-state index >= 15 is 0 Å². The second-order valence-electron chi connectivity index (χ2n) is 4.56. The van der Waals surface area contributed by atoms with Crippen molar-refractivity contribution in [3.63, 3.8) is 0 Å². The molecule has 2 nitrogen and oxygen atoms in total. The first kappa shape index (κ1) is 14.6. The van der Waals surface area contributed by atoms with E-state index in [0.717, 1.165) is 25.2 Å². The topological polar surface area (TPSA) is 15.3 Å². The van der Waals surface area contributed by atoms with Gasteiger partial charge in [0.1, 0.15) is 11.6 Å². The summed E-state index contributed by atoms with van der Waals surface area (Å²) in [4.78, 5) is 1.91. The minimum absolute atomic E-state index is 0.0121. The van der Waals surface area contributed by atoms with Crippen LogP contribution in [0.15, 0.2) is 12.1 Å². The van der Waals surface area contributed by atoms with Crippen LogP contribution in [-0.4, -0.2) is 37.8 Å². The number of alkyl halides is 1. The molecule has 1 aromatic rings. The minimum Gasteiger partial charge on any atom is -0.314 e. The zero-order valence-electron chi connectivity index (χ0n) is 10.4. The molecular weight excluding hydrogens is 277 g/mol. The molecule has 1 atom stereocenters. The average Bonchev–Trinajstić information content (AvgIpc) is 2.37. The van der Waals surface area contributed by atoms with Gasteiger partial charge >= 0.3 is 0 Å². The predicted molar refractivity (Wildman–Crippen MR) is 69.1 cm³/mol. The van der Waals surface area contributed by atoms with Crippen molar-refractivity contribution in [3.05, 3.63) is 34.4 Å². The van der Waals surface area contributed by atoms with Crippen LogP contribution in [0.1, 0.15) is 18.0 Å².